The molecule has 0 spiro atoms. The Morgan fingerprint density at radius 3 is 3.07 bits per heavy atom. The van der Waals surface area contributed by atoms with Gasteiger partial charge in [0.2, 0.25) is 0 Å². The van der Waals surface area contributed by atoms with Crippen LogP contribution in [0.5, 0.6) is 0 Å². The molecule has 0 aromatic carbocycles. The van der Waals surface area contributed by atoms with Gasteiger partial charge in [0.15, 0.2) is 0 Å². The van der Waals surface area contributed by atoms with Crippen molar-refractivity contribution < 1.29 is 9.53 Å². The van der Waals surface area contributed by atoms with Crippen molar-refractivity contribution in [2.24, 2.45) is 5.73 Å². The highest BCUT2D eigenvalue weighted by Gasteiger charge is 2.17. The molecule has 0 bridgehead atoms. The number of amides is 2. The molecule has 1 heterocycles. The summed E-state index contributed by atoms with van der Waals surface area (Å²) in [5.74, 6) is 0. The van der Waals surface area contributed by atoms with Crippen LogP contribution < -0.4 is 16.4 Å². The summed E-state index contributed by atoms with van der Waals surface area (Å²) in [5, 5.41) is 5.56. The van der Waals surface area contributed by atoms with Crippen LogP contribution in [-0.2, 0) is 4.74 Å². The Hall–Kier alpha value is -0.810. The van der Waals surface area contributed by atoms with Gasteiger partial charge in [-0.2, -0.15) is 0 Å². The lowest BCUT2D eigenvalue weighted by Gasteiger charge is -2.14. The van der Waals surface area contributed by atoms with Crippen LogP contribution in [0.1, 0.15) is 19.8 Å². The Kier molecular flexibility index (Phi) is 4.69. The van der Waals surface area contributed by atoms with Crippen molar-refractivity contribution in [3.63, 3.8) is 0 Å². The minimum Gasteiger partial charge on any atom is -0.379 e. The number of nitrogens with two attached hydrogens (primary N) is 1. The molecule has 1 rings (SSSR count). The summed E-state index contributed by atoms with van der Waals surface area (Å²) in [6.45, 7) is 3.87. The summed E-state index contributed by atoms with van der Waals surface area (Å²) >= 11 is 0. The van der Waals surface area contributed by atoms with Gasteiger partial charge in [-0.3, -0.25) is 0 Å². The van der Waals surface area contributed by atoms with Gasteiger partial charge < -0.3 is 21.1 Å². The van der Waals surface area contributed by atoms with Crippen LogP contribution in [0, 0.1) is 0 Å². The van der Waals surface area contributed by atoms with E-state index in [0.717, 1.165) is 19.4 Å². The Balaban J connectivity index is 2.09. The monoisotopic (exact) mass is 201 g/mol. The van der Waals surface area contributed by atoms with E-state index >= 15 is 0 Å². The number of carbonyl (C=O) groups excluding carboxylic acids is 1. The number of rotatable bonds is 4. The van der Waals surface area contributed by atoms with E-state index in [9.17, 15) is 4.79 Å². The lowest BCUT2D eigenvalue weighted by molar-refractivity contribution is 0.188. The van der Waals surface area contributed by atoms with Crippen molar-refractivity contribution in [3.05, 3.63) is 0 Å². The summed E-state index contributed by atoms with van der Waals surface area (Å²) in [4.78, 5) is 11.3. The SMILES string of the molecule is CCC(N)CNC(=O)NC1CCOC1. The van der Waals surface area contributed by atoms with E-state index in [-0.39, 0.29) is 18.1 Å². The van der Waals surface area contributed by atoms with Crippen LogP contribution >= 0.6 is 0 Å². The zero-order valence-corrected chi connectivity index (χ0v) is 8.58. The zero-order chi connectivity index (χ0) is 10.4. The number of carbonyl (C=O) groups is 1. The molecule has 0 aromatic heterocycles. The van der Waals surface area contributed by atoms with Crippen molar-refractivity contribution in [3.8, 4) is 0 Å². The summed E-state index contributed by atoms with van der Waals surface area (Å²) in [6, 6.07) is 0.0535. The van der Waals surface area contributed by atoms with E-state index in [1.54, 1.807) is 0 Å². The molecular formula is C9H19N3O2. The first kappa shape index (κ1) is 11.3. The maximum Gasteiger partial charge on any atom is 0.315 e. The third kappa shape index (κ3) is 3.93. The summed E-state index contributed by atoms with van der Waals surface area (Å²) < 4.78 is 5.14. The second-order valence-corrected chi connectivity index (χ2v) is 3.58. The fraction of sp³-hybridized carbons (Fsp3) is 0.889. The van der Waals surface area contributed by atoms with Gasteiger partial charge in [-0.1, -0.05) is 6.92 Å². The summed E-state index contributed by atoms with van der Waals surface area (Å²) in [5.41, 5.74) is 5.66. The molecule has 1 saturated heterocycles. The van der Waals surface area contributed by atoms with Crippen LogP contribution in [0.25, 0.3) is 0 Å². The number of hydrogen-bond acceptors (Lipinski definition) is 3. The van der Waals surface area contributed by atoms with Gasteiger partial charge in [-0.05, 0) is 12.8 Å². The highest BCUT2D eigenvalue weighted by atomic mass is 16.5. The summed E-state index contributed by atoms with van der Waals surface area (Å²) in [6.07, 6.45) is 1.76. The second-order valence-electron chi connectivity index (χ2n) is 3.58. The van der Waals surface area contributed by atoms with E-state index in [1.807, 2.05) is 6.92 Å². The van der Waals surface area contributed by atoms with Crippen LogP contribution in [0.15, 0.2) is 0 Å². The topological polar surface area (TPSA) is 76.4 Å². The van der Waals surface area contributed by atoms with Crippen LogP contribution in [0.3, 0.4) is 0 Å². The first-order valence-corrected chi connectivity index (χ1v) is 5.10. The van der Waals surface area contributed by atoms with Crippen molar-refractivity contribution in [1.82, 2.24) is 10.6 Å². The Morgan fingerprint density at radius 2 is 2.50 bits per heavy atom. The third-order valence-corrected chi connectivity index (χ3v) is 2.31. The van der Waals surface area contributed by atoms with E-state index in [2.05, 4.69) is 10.6 Å². The lowest BCUT2D eigenvalue weighted by Crippen LogP contribution is -2.46. The summed E-state index contributed by atoms with van der Waals surface area (Å²) in [7, 11) is 0. The molecule has 5 heteroatoms. The molecule has 5 nitrogen and oxygen atoms in total. The third-order valence-electron chi connectivity index (χ3n) is 2.31. The largest absolute Gasteiger partial charge is 0.379 e. The van der Waals surface area contributed by atoms with Crippen LogP contribution in [-0.4, -0.2) is 37.9 Å². The molecule has 82 valence electrons. The maximum absolute atomic E-state index is 11.3. The van der Waals surface area contributed by atoms with Crippen molar-refractivity contribution in [2.45, 2.75) is 31.8 Å². The number of hydrogen-bond donors (Lipinski definition) is 3. The molecule has 14 heavy (non-hydrogen) atoms. The molecule has 0 aromatic rings. The normalized spacial score (nSPS) is 23.1. The quantitative estimate of drug-likeness (QED) is 0.590. The second kappa shape index (κ2) is 5.82. The first-order chi connectivity index (χ1) is 6.72. The van der Waals surface area contributed by atoms with Gasteiger partial charge in [-0.15, -0.1) is 0 Å². The molecule has 1 fully saturated rings. The number of ether oxygens (including phenoxy) is 1. The van der Waals surface area contributed by atoms with Crippen LogP contribution in [0.4, 0.5) is 4.79 Å². The Bertz CT molecular complexity index is 181. The lowest BCUT2D eigenvalue weighted by atomic mass is 10.2. The highest BCUT2D eigenvalue weighted by Crippen LogP contribution is 2.02. The molecule has 0 aliphatic carbocycles. The molecule has 2 amide bonds. The predicted molar refractivity (Wildman–Crippen MR) is 54.0 cm³/mol. The molecule has 4 N–H and O–H groups in total. The van der Waals surface area contributed by atoms with Gasteiger partial charge in [0.1, 0.15) is 0 Å². The maximum atomic E-state index is 11.3. The van der Waals surface area contributed by atoms with Gasteiger partial charge in [0.25, 0.3) is 0 Å². The van der Waals surface area contributed by atoms with Gasteiger partial charge >= 0.3 is 6.03 Å². The van der Waals surface area contributed by atoms with E-state index in [0.29, 0.717) is 13.2 Å². The van der Waals surface area contributed by atoms with Gasteiger partial charge in [0, 0.05) is 19.2 Å². The van der Waals surface area contributed by atoms with E-state index in [1.165, 1.54) is 0 Å². The van der Waals surface area contributed by atoms with E-state index in [4.69, 9.17) is 10.5 Å². The Labute approximate surface area is 84.4 Å². The molecule has 0 radical (unpaired) electrons. The van der Waals surface area contributed by atoms with Crippen molar-refractivity contribution >= 4 is 6.03 Å². The zero-order valence-electron chi connectivity index (χ0n) is 8.58. The van der Waals surface area contributed by atoms with E-state index < -0.39 is 0 Å². The van der Waals surface area contributed by atoms with Crippen LogP contribution in [0.2, 0.25) is 0 Å². The standard InChI is InChI=1S/C9H19N3O2/c1-2-7(10)5-11-9(13)12-8-3-4-14-6-8/h7-8H,2-6,10H2,1H3,(H2,11,12,13). The average Bonchev–Trinajstić information content (AvgIpc) is 2.66. The number of nitrogens with one attached hydrogen (secondary N) is 2. The Morgan fingerprint density at radius 1 is 1.71 bits per heavy atom. The predicted octanol–water partition coefficient (Wildman–Crippen LogP) is -0.188. The molecule has 1 aliphatic rings. The fourth-order valence-corrected chi connectivity index (χ4v) is 1.25. The molecule has 1 aliphatic heterocycles. The van der Waals surface area contributed by atoms with Gasteiger partial charge in [0.05, 0.1) is 12.6 Å². The first-order valence-electron chi connectivity index (χ1n) is 5.10. The van der Waals surface area contributed by atoms with Gasteiger partial charge in [-0.25, -0.2) is 4.79 Å². The number of urea groups is 1. The average molecular weight is 201 g/mol. The highest BCUT2D eigenvalue weighted by molar-refractivity contribution is 5.74. The smallest absolute Gasteiger partial charge is 0.315 e. The van der Waals surface area contributed by atoms with Crippen molar-refractivity contribution in [1.29, 1.82) is 0 Å². The molecule has 2 unspecified atom stereocenters. The minimum absolute atomic E-state index is 0.0422. The van der Waals surface area contributed by atoms with Crippen molar-refractivity contribution in [2.75, 3.05) is 19.8 Å². The minimum atomic E-state index is -0.149. The molecular weight excluding hydrogens is 182 g/mol. The fourth-order valence-electron chi connectivity index (χ4n) is 1.25. The molecule has 0 saturated carbocycles. The molecule has 2 atom stereocenters.